The van der Waals surface area contributed by atoms with Crippen LogP contribution in [0.3, 0.4) is 0 Å². The number of nitrogens with zero attached hydrogens (tertiary/aromatic N) is 3. The second-order valence-corrected chi connectivity index (χ2v) is 3.71. The number of aryl methyl sites for hydroxylation is 1. The quantitative estimate of drug-likeness (QED) is 0.916. The number of aromatic nitrogens is 3. The van der Waals surface area contributed by atoms with Crippen LogP contribution in [-0.4, -0.2) is 28.1 Å². The molecule has 2 rings (SSSR count). The molecule has 0 fully saturated rings. The molecule has 0 radical (unpaired) electrons. The van der Waals surface area contributed by atoms with Crippen LogP contribution in [0.15, 0.2) is 12.4 Å². The Morgan fingerprint density at radius 1 is 1.39 bits per heavy atom. The van der Waals surface area contributed by atoms with E-state index in [2.05, 4.69) is 10.1 Å². The highest BCUT2D eigenvalue weighted by atomic mass is 19.4. The normalized spacial score (nSPS) is 12.0. The molecule has 0 amide bonds. The van der Waals surface area contributed by atoms with E-state index in [4.69, 9.17) is 10.5 Å². The van der Waals surface area contributed by atoms with Crippen molar-refractivity contribution in [2.45, 2.75) is 19.1 Å². The number of methoxy groups -OCH3 is 1. The summed E-state index contributed by atoms with van der Waals surface area (Å²) >= 11 is 0. The smallest absolute Gasteiger partial charge is 0.390 e. The van der Waals surface area contributed by atoms with Crippen LogP contribution in [0.2, 0.25) is 0 Å². The van der Waals surface area contributed by atoms with E-state index in [1.165, 1.54) is 24.2 Å². The van der Waals surface area contributed by atoms with Crippen LogP contribution >= 0.6 is 0 Å². The van der Waals surface area contributed by atoms with Gasteiger partial charge in [0.05, 0.1) is 26.3 Å². The second-order valence-electron chi connectivity index (χ2n) is 3.71. The van der Waals surface area contributed by atoms with Crippen LogP contribution in [0.4, 0.5) is 19.0 Å². The van der Waals surface area contributed by atoms with Gasteiger partial charge in [-0.25, -0.2) is 4.98 Å². The zero-order valence-corrected chi connectivity index (χ0v) is 9.53. The monoisotopic (exact) mass is 260 g/mol. The van der Waals surface area contributed by atoms with E-state index in [0.29, 0.717) is 10.9 Å². The molecule has 0 atom stereocenters. The first-order valence-electron chi connectivity index (χ1n) is 5.13. The van der Waals surface area contributed by atoms with Gasteiger partial charge in [0.15, 0.2) is 11.6 Å². The predicted molar refractivity (Wildman–Crippen MR) is 59.2 cm³/mol. The SMILES string of the molecule is COc1c(N)ncc2cnn(CCC(F)(F)F)c12. The van der Waals surface area contributed by atoms with Gasteiger partial charge in [-0.1, -0.05) is 0 Å². The van der Waals surface area contributed by atoms with Crippen LogP contribution in [-0.2, 0) is 6.54 Å². The van der Waals surface area contributed by atoms with E-state index in [9.17, 15) is 13.2 Å². The van der Waals surface area contributed by atoms with Crippen molar-refractivity contribution >= 4 is 16.7 Å². The zero-order valence-electron chi connectivity index (χ0n) is 9.53. The predicted octanol–water partition coefficient (Wildman–Crippen LogP) is 1.97. The van der Waals surface area contributed by atoms with Crippen molar-refractivity contribution < 1.29 is 17.9 Å². The minimum Gasteiger partial charge on any atom is -0.491 e. The van der Waals surface area contributed by atoms with Crippen LogP contribution in [0.5, 0.6) is 5.75 Å². The number of pyridine rings is 1. The minimum atomic E-state index is -4.23. The lowest BCUT2D eigenvalue weighted by Crippen LogP contribution is -2.13. The molecule has 2 heterocycles. The summed E-state index contributed by atoms with van der Waals surface area (Å²) in [6, 6.07) is 0. The molecule has 2 aromatic heterocycles. The Morgan fingerprint density at radius 3 is 2.72 bits per heavy atom. The van der Waals surface area contributed by atoms with Gasteiger partial charge in [0.2, 0.25) is 0 Å². The van der Waals surface area contributed by atoms with E-state index >= 15 is 0 Å². The van der Waals surface area contributed by atoms with E-state index in [-0.39, 0.29) is 18.1 Å². The molecule has 0 aliphatic heterocycles. The number of hydrogen-bond acceptors (Lipinski definition) is 4. The fourth-order valence-electron chi connectivity index (χ4n) is 1.67. The first-order valence-corrected chi connectivity index (χ1v) is 5.13. The van der Waals surface area contributed by atoms with E-state index < -0.39 is 12.6 Å². The van der Waals surface area contributed by atoms with Gasteiger partial charge in [-0.2, -0.15) is 18.3 Å². The summed E-state index contributed by atoms with van der Waals surface area (Å²) in [6.45, 7) is -0.285. The number of alkyl halides is 3. The van der Waals surface area contributed by atoms with Crippen LogP contribution in [0.25, 0.3) is 10.9 Å². The third-order valence-corrected chi connectivity index (χ3v) is 2.47. The lowest BCUT2D eigenvalue weighted by Gasteiger charge is -2.10. The largest absolute Gasteiger partial charge is 0.491 e. The number of nitrogens with two attached hydrogens (primary N) is 1. The summed E-state index contributed by atoms with van der Waals surface area (Å²) in [7, 11) is 1.38. The summed E-state index contributed by atoms with van der Waals surface area (Å²) in [5.74, 6) is 0.367. The Kier molecular flexibility index (Phi) is 3.02. The van der Waals surface area contributed by atoms with Gasteiger partial charge in [0, 0.05) is 11.6 Å². The third kappa shape index (κ3) is 2.31. The molecule has 5 nitrogen and oxygen atoms in total. The number of ether oxygens (including phenoxy) is 1. The van der Waals surface area contributed by atoms with Gasteiger partial charge in [0.1, 0.15) is 5.52 Å². The zero-order chi connectivity index (χ0) is 13.3. The number of rotatable bonds is 3. The van der Waals surface area contributed by atoms with Crippen molar-refractivity contribution in [2.24, 2.45) is 0 Å². The second kappa shape index (κ2) is 4.35. The average Bonchev–Trinajstić information content (AvgIpc) is 2.69. The molecule has 0 saturated heterocycles. The maximum Gasteiger partial charge on any atom is 0.390 e. The molecule has 0 unspecified atom stereocenters. The van der Waals surface area contributed by atoms with Crippen molar-refractivity contribution in [3.05, 3.63) is 12.4 Å². The Bertz CT molecular complexity index is 564. The molecule has 0 spiro atoms. The molecule has 18 heavy (non-hydrogen) atoms. The molecule has 0 aromatic carbocycles. The summed E-state index contributed by atoms with van der Waals surface area (Å²) < 4.78 is 42.9. The van der Waals surface area contributed by atoms with Gasteiger partial charge in [-0.15, -0.1) is 0 Å². The number of halogens is 3. The van der Waals surface area contributed by atoms with Crippen molar-refractivity contribution in [2.75, 3.05) is 12.8 Å². The lowest BCUT2D eigenvalue weighted by atomic mass is 10.3. The maximum absolute atomic E-state index is 12.2. The molecular formula is C10H11F3N4O. The van der Waals surface area contributed by atoms with Crippen molar-refractivity contribution in [3.8, 4) is 5.75 Å². The molecule has 0 saturated carbocycles. The van der Waals surface area contributed by atoms with Crippen molar-refractivity contribution in [1.82, 2.24) is 14.8 Å². The fourth-order valence-corrected chi connectivity index (χ4v) is 1.67. The van der Waals surface area contributed by atoms with E-state index in [0.717, 1.165) is 0 Å². The molecule has 2 N–H and O–H groups in total. The third-order valence-electron chi connectivity index (χ3n) is 2.47. The van der Waals surface area contributed by atoms with Gasteiger partial charge in [-0.05, 0) is 0 Å². The molecule has 0 aliphatic carbocycles. The number of nitrogen functional groups attached to an aromatic ring is 1. The topological polar surface area (TPSA) is 66.0 Å². The van der Waals surface area contributed by atoms with Gasteiger partial charge in [0.25, 0.3) is 0 Å². The van der Waals surface area contributed by atoms with Gasteiger partial charge in [-0.3, -0.25) is 4.68 Å². The highest BCUT2D eigenvalue weighted by Gasteiger charge is 2.27. The summed E-state index contributed by atoms with van der Waals surface area (Å²) in [5.41, 5.74) is 6.03. The van der Waals surface area contributed by atoms with Crippen LogP contribution < -0.4 is 10.5 Å². The van der Waals surface area contributed by atoms with Gasteiger partial charge < -0.3 is 10.5 Å². The van der Waals surface area contributed by atoms with Crippen LogP contribution in [0, 0.1) is 0 Å². The van der Waals surface area contributed by atoms with Crippen molar-refractivity contribution in [1.29, 1.82) is 0 Å². The van der Waals surface area contributed by atoms with Crippen molar-refractivity contribution in [3.63, 3.8) is 0 Å². The molecular weight excluding hydrogens is 249 g/mol. The first kappa shape index (κ1) is 12.5. The highest BCUT2D eigenvalue weighted by Crippen LogP contribution is 2.30. The Morgan fingerprint density at radius 2 is 2.11 bits per heavy atom. The van der Waals surface area contributed by atoms with Crippen LogP contribution in [0.1, 0.15) is 6.42 Å². The molecule has 0 bridgehead atoms. The number of fused-ring (bicyclic) bond motifs is 1. The molecule has 98 valence electrons. The maximum atomic E-state index is 12.2. The summed E-state index contributed by atoms with van der Waals surface area (Å²) in [5, 5.41) is 4.48. The van der Waals surface area contributed by atoms with Gasteiger partial charge >= 0.3 is 6.18 Å². The Balaban J connectivity index is 2.42. The average molecular weight is 260 g/mol. The highest BCUT2D eigenvalue weighted by molar-refractivity contribution is 5.87. The lowest BCUT2D eigenvalue weighted by molar-refractivity contribution is -0.137. The van der Waals surface area contributed by atoms with E-state index in [1.54, 1.807) is 0 Å². The summed E-state index contributed by atoms with van der Waals surface area (Å²) in [4.78, 5) is 3.88. The molecule has 2 aromatic rings. The Labute approximate surface area is 100 Å². The molecule has 0 aliphatic rings. The molecule has 8 heteroatoms. The fraction of sp³-hybridized carbons (Fsp3) is 0.400. The van der Waals surface area contributed by atoms with E-state index in [1.807, 2.05) is 0 Å². The standard InChI is InChI=1S/C10H11F3N4O/c1-18-8-7-6(4-15-9(8)14)5-16-17(7)3-2-10(11,12)13/h4-5H,2-3H2,1H3,(H2,14,15). The minimum absolute atomic E-state index is 0.124. The number of hydrogen-bond donors (Lipinski definition) is 1. The Hall–Kier alpha value is -1.99. The first-order chi connectivity index (χ1) is 8.42. The number of anilines is 1. The summed E-state index contributed by atoms with van der Waals surface area (Å²) in [6.07, 6.45) is -2.32.